The summed E-state index contributed by atoms with van der Waals surface area (Å²) in [5, 5.41) is 3.97. The Hall–Kier alpha value is -2.28. The standard InChI is InChI=1S/C20H29N5O2/c1-20(2,3)8-10-24-11-13-25(14-12-24)18(26)7-6-17-22-19(23-27-17)16-5-4-9-21-15-16/h4-5,9,15H,6-8,10-14H2,1-3H3. The molecule has 0 aliphatic carbocycles. The molecule has 1 aliphatic rings. The van der Waals surface area contributed by atoms with E-state index in [1.54, 1.807) is 12.4 Å². The van der Waals surface area contributed by atoms with Crippen LogP contribution in [0.25, 0.3) is 11.4 Å². The zero-order valence-corrected chi connectivity index (χ0v) is 16.5. The van der Waals surface area contributed by atoms with Gasteiger partial charge in [0.15, 0.2) is 0 Å². The van der Waals surface area contributed by atoms with E-state index in [4.69, 9.17) is 4.52 Å². The largest absolute Gasteiger partial charge is 0.340 e. The highest BCUT2D eigenvalue weighted by molar-refractivity contribution is 5.76. The van der Waals surface area contributed by atoms with Gasteiger partial charge in [0.1, 0.15) is 0 Å². The van der Waals surface area contributed by atoms with Crippen molar-refractivity contribution in [1.82, 2.24) is 24.9 Å². The fourth-order valence-electron chi connectivity index (χ4n) is 3.06. The van der Waals surface area contributed by atoms with Crippen LogP contribution in [0, 0.1) is 5.41 Å². The number of nitrogens with zero attached hydrogens (tertiary/aromatic N) is 5. The zero-order valence-electron chi connectivity index (χ0n) is 16.5. The summed E-state index contributed by atoms with van der Waals surface area (Å²) >= 11 is 0. The predicted octanol–water partition coefficient (Wildman–Crippen LogP) is 2.64. The third kappa shape index (κ3) is 5.85. The van der Waals surface area contributed by atoms with Crippen molar-refractivity contribution in [1.29, 1.82) is 0 Å². The van der Waals surface area contributed by atoms with Crippen LogP contribution < -0.4 is 0 Å². The van der Waals surface area contributed by atoms with Gasteiger partial charge in [-0.15, -0.1) is 0 Å². The number of rotatable bonds is 6. The lowest BCUT2D eigenvalue weighted by Gasteiger charge is -2.36. The number of hydrogen-bond donors (Lipinski definition) is 0. The van der Waals surface area contributed by atoms with Crippen molar-refractivity contribution in [3.63, 3.8) is 0 Å². The van der Waals surface area contributed by atoms with Crippen LogP contribution >= 0.6 is 0 Å². The van der Waals surface area contributed by atoms with Crippen LogP contribution in [0.4, 0.5) is 0 Å². The van der Waals surface area contributed by atoms with Gasteiger partial charge in [0.25, 0.3) is 0 Å². The summed E-state index contributed by atoms with van der Waals surface area (Å²) in [6, 6.07) is 3.71. The summed E-state index contributed by atoms with van der Waals surface area (Å²) in [6.07, 6.45) is 5.44. The normalized spacial score (nSPS) is 15.9. The molecule has 0 bridgehead atoms. The van der Waals surface area contributed by atoms with E-state index in [2.05, 4.69) is 40.8 Å². The molecule has 2 aromatic heterocycles. The van der Waals surface area contributed by atoms with Crippen molar-refractivity contribution >= 4 is 5.91 Å². The molecular formula is C20H29N5O2. The monoisotopic (exact) mass is 371 g/mol. The quantitative estimate of drug-likeness (QED) is 0.777. The molecule has 7 nitrogen and oxygen atoms in total. The highest BCUT2D eigenvalue weighted by Gasteiger charge is 2.22. The van der Waals surface area contributed by atoms with Crippen molar-refractivity contribution < 1.29 is 9.32 Å². The Morgan fingerprint density at radius 1 is 1.22 bits per heavy atom. The van der Waals surface area contributed by atoms with Gasteiger partial charge in [-0.3, -0.25) is 14.7 Å². The summed E-state index contributed by atoms with van der Waals surface area (Å²) in [5.74, 6) is 1.16. The minimum Gasteiger partial charge on any atom is -0.340 e. The van der Waals surface area contributed by atoms with Gasteiger partial charge >= 0.3 is 0 Å². The second-order valence-corrected chi connectivity index (χ2v) is 8.29. The van der Waals surface area contributed by atoms with Crippen LogP contribution in [0.1, 0.15) is 39.5 Å². The Morgan fingerprint density at radius 2 is 2.00 bits per heavy atom. The van der Waals surface area contributed by atoms with E-state index >= 15 is 0 Å². The van der Waals surface area contributed by atoms with E-state index in [0.717, 1.165) is 38.3 Å². The minimum atomic E-state index is 0.159. The second-order valence-electron chi connectivity index (χ2n) is 8.29. The van der Waals surface area contributed by atoms with Gasteiger partial charge in [-0.05, 0) is 30.5 Å². The van der Waals surface area contributed by atoms with Crippen LogP contribution in [-0.2, 0) is 11.2 Å². The fourth-order valence-corrected chi connectivity index (χ4v) is 3.06. The van der Waals surface area contributed by atoms with Crippen LogP contribution in [0.3, 0.4) is 0 Å². The maximum Gasteiger partial charge on any atom is 0.227 e. The summed E-state index contributed by atoms with van der Waals surface area (Å²) in [5.41, 5.74) is 1.16. The molecule has 0 radical (unpaired) electrons. The number of carbonyl (C=O) groups excluding carboxylic acids is 1. The molecule has 0 atom stereocenters. The van der Waals surface area contributed by atoms with Gasteiger partial charge in [-0.2, -0.15) is 4.98 Å². The number of hydrogen-bond acceptors (Lipinski definition) is 6. The maximum atomic E-state index is 12.5. The van der Waals surface area contributed by atoms with E-state index in [1.807, 2.05) is 17.0 Å². The summed E-state index contributed by atoms with van der Waals surface area (Å²) < 4.78 is 5.27. The molecule has 0 unspecified atom stereocenters. The molecule has 0 N–H and O–H groups in total. The van der Waals surface area contributed by atoms with Gasteiger partial charge in [0.05, 0.1) is 0 Å². The average molecular weight is 371 g/mol. The van der Waals surface area contributed by atoms with Crippen molar-refractivity contribution in [3.8, 4) is 11.4 Å². The molecule has 2 aromatic rings. The van der Waals surface area contributed by atoms with Crippen LogP contribution in [-0.4, -0.2) is 63.6 Å². The number of aryl methyl sites for hydroxylation is 1. The van der Waals surface area contributed by atoms with Gasteiger partial charge < -0.3 is 9.42 Å². The number of piperazine rings is 1. The number of aromatic nitrogens is 3. The van der Waals surface area contributed by atoms with Gasteiger partial charge in [0.2, 0.25) is 17.6 Å². The lowest BCUT2D eigenvalue weighted by molar-refractivity contribution is -0.133. The molecule has 7 heteroatoms. The van der Waals surface area contributed by atoms with E-state index in [9.17, 15) is 4.79 Å². The highest BCUT2D eigenvalue weighted by atomic mass is 16.5. The molecule has 146 valence electrons. The topological polar surface area (TPSA) is 75.4 Å². The molecule has 3 rings (SSSR count). The SMILES string of the molecule is CC(C)(C)CCN1CCN(C(=O)CCc2nc(-c3cccnc3)no2)CC1. The van der Waals surface area contributed by atoms with Crippen molar-refractivity contribution in [2.75, 3.05) is 32.7 Å². The maximum absolute atomic E-state index is 12.5. The third-order valence-electron chi connectivity index (χ3n) is 4.84. The fraction of sp³-hybridized carbons (Fsp3) is 0.600. The molecule has 0 aromatic carbocycles. The Bertz CT molecular complexity index is 730. The molecule has 3 heterocycles. The van der Waals surface area contributed by atoms with Crippen LogP contribution in [0.15, 0.2) is 29.0 Å². The van der Waals surface area contributed by atoms with Gasteiger partial charge in [-0.1, -0.05) is 25.9 Å². The first-order valence-electron chi connectivity index (χ1n) is 9.64. The average Bonchev–Trinajstić information content (AvgIpc) is 3.14. The zero-order chi connectivity index (χ0) is 19.3. The molecule has 1 aliphatic heterocycles. The van der Waals surface area contributed by atoms with Gasteiger partial charge in [0, 0.05) is 57.0 Å². The van der Waals surface area contributed by atoms with Crippen LogP contribution in [0.5, 0.6) is 0 Å². The number of pyridine rings is 1. The number of carbonyl (C=O) groups is 1. The summed E-state index contributed by atoms with van der Waals surface area (Å²) in [7, 11) is 0. The van der Waals surface area contributed by atoms with E-state index in [1.165, 1.54) is 6.42 Å². The number of amides is 1. The first-order valence-corrected chi connectivity index (χ1v) is 9.64. The smallest absolute Gasteiger partial charge is 0.227 e. The highest BCUT2D eigenvalue weighted by Crippen LogP contribution is 2.19. The first-order chi connectivity index (χ1) is 12.9. The Morgan fingerprint density at radius 3 is 2.67 bits per heavy atom. The molecule has 1 fully saturated rings. The van der Waals surface area contributed by atoms with E-state index in [0.29, 0.717) is 30.0 Å². The minimum absolute atomic E-state index is 0.159. The summed E-state index contributed by atoms with van der Waals surface area (Å²) in [6.45, 7) is 11.4. The Balaban J connectivity index is 1.42. The molecule has 0 spiro atoms. The lowest BCUT2D eigenvalue weighted by atomic mass is 9.92. The first kappa shape index (κ1) is 19.5. The van der Waals surface area contributed by atoms with Crippen molar-refractivity contribution in [2.45, 2.75) is 40.0 Å². The molecule has 1 saturated heterocycles. The van der Waals surface area contributed by atoms with E-state index < -0.39 is 0 Å². The Labute approximate surface area is 160 Å². The lowest BCUT2D eigenvalue weighted by Crippen LogP contribution is -2.49. The second kappa shape index (κ2) is 8.61. The predicted molar refractivity (Wildman–Crippen MR) is 103 cm³/mol. The molecule has 1 amide bonds. The summed E-state index contributed by atoms with van der Waals surface area (Å²) in [4.78, 5) is 25.3. The Kier molecular flexibility index (Phi) is 6.21. The molecule has 0 saturated carbocycles. The molecular weight excluding hydrogens is 342 g/mol. The van der Waals surface area contributed by atoms with Crippen molar-refractivity contribution in [3.05, 3.63) is 30.4 Å². The van der Waals surface area contributed by atoms with Gasteiger partial charge in [-0.25, -0.2) is 0 Å². The third-order valence-corrected chi connectivity index (χ3v) is 4.84. The molecule has 27 heavy (non-hydrogen) atoms. The van der Waals surface area contributed by atoms with E-state index in [-0.39, 0.29) is 5.91 Å². The van der Waals surface area contributed by atoms with Crippen LogP contribution in [0.2, 0.25) is 0 Å². The van der Waals surface area contributed by atoms with Crippen molar-refractivity contribution in [2.24, 2.45) is 5.41 Å².